The summed E-state index contributed by atoms with van der Waals surface area (Å²) in [6, 6.07) is 15.0. The fourth-order valence-electron chi connectivity index (χ4n) is 2.24. The number of aliphatic hydroxyl groups is 1. The minimum Gasteiger partial charge on any atom is -0.512 e. The van der Waals surface area contributed by atoms with Crippen LogP contribution in [0.4, 0.5) is 0 Å². The number of aryl methyl sites for hydroxylation is 1. The fourth-order valence-corrected chi connectivity index (χ4v) is 2.24. The molecule has 2 rings (SSSR count). The lowest BCUT2D eigenvalue weighted by atomic mass is 10.1. The van der Waals surface area contributed by atoms with Crippen molar-refractivity contribution in [2.45, 2.75) is 12.8 Å². The molecule has 0 aliphatic rings. The van der Waals surface area contributed by atoms with Gasteiger partial charge >= 0.3 is 0 Å². The number of carbonyl (C=O) groups is 1. The minimum atomic E-state index is -0.247. The molecule has 2 aromatic carbocycles. The van der Waals surface area contributed by atoms with Gasteiger partial charge in [-0.25, -0.2) is 0 Å². The molecule has 0 bridgehead atoms. The van der Waals surface area contributed by atoms with Gasteiger partial charge in [0.05, 0.1) is 20.0 Å². The van der Waals surface area contributed by atoms with Gasteiger partial charge in [-0.2, -0.15) is 0 Å². The van der Waals surface area contributed by atoms with E-state index in [-0.39, 0.29) is 11.5 Å². The highest BCUT2D eigenvalue weighted by Crippen LogP contribution is 2.14. The van der Waals surface area contributed by atoms with Crippen molar-refractivity contribution in [3.63, 3.8) is 0 Å². The maximum atomic E-state index is 11.9. The van der Waals surface area contributed by atoms with E-state index in [1.54, 1.807) is 20.3 Å². The summed E-state index contributed by atoms with van der Waals surface area (Å²) < 4.78 is 10.2. The SMILES string of the molecule is COc1ccc(/C=C/C(=O)/C=C(\O)CCc2ccc(OC)cc2)cc1. The van der Waals surface area contributed by atoms with Crippen molar-refractivity contribution in [3.8, 4) is 11.5 Å². The number of carbonyl (C=O) groups excluding carboxylic acids is 1. The van der Waals surface area contributed by atoms with Crippen molar-refractivity contribution in [2.75, 3.05) is 14.2 Å². The van der Waals surface area contributed by atoms with Crippen molar-refractivity contribution < 1.29 is 19.4 Å². The Hall–Kier alpha value is -3.01. The van der Waals surface area contributed by atoms with Crippen LogP contribution in [0.25, 0.3) is 6.08 Å². The molecule has 0 radical (unpaired) electrons. The van der Waals surface area contributed by atoms with E-state index in [9.17, 15) is 9.90 Å². The van der Waals surface area contributed by atoms with Gasteiger partial charge in [-0.15, -0.1) is 0 Å². The lowest BCUT2D eigenvalue weighted by Gasteiger charge is -2.03. The first kappa shape index (κ1) is 18.3. The van der Waals surface area contributed by atoms with Gasteiger partial charge in [0.2, 0.25) is 0 Å². The van der Waals surface area contributed by atoms with E-state index in [0.29, 0.717) is 12.8 Å². The van der Waals surface area contributed by atoms with Gasteiger partial charge in [-0.3, -0.25) is 4.79 Å². The Morgan fingerprint density at radius 1 is 0.960 bits per heavy atom. The summed E-state index contributed by atoms with van der Waals surface area (Å²) in [7, 11) is 3.22. The third-order valence-corrected chi connectivity index (χ3v) is 3.69. The molecule has 130 valence electrons. The quantitative estimate of drug-likeness (QED) is 0.574. The fraction of sp³-hybridized carbons (Fsp3) is 0.190. The third-order valence-electron chi connectivity index (χ3n) is 3.69. The number of allylic oxidation sites excluding steroid dienone is 3. The number of ether oxygens (including phenoxy) is 2. The zero-order chi connectivity index (χ0) is 18.1. The summed E-state index contributed by atoms with van der Waals surface area (Å²) in [5.74, 6) is 1.38. The third kappa shape index (κ3) is 6.18. The molecule has 4 heteroatoms. The molecule has 0 aliphatic heterocycles. The maximum Gasteiger partial charge on any atom is 0.181 e. The Morgan fingerprint density at radius 2 is 1.52 bits per heavy atom. The predicted molar refractivity (Wildman–Crippen MR) is 99.1 cm³/mol. The van der Waals surface area contributed by atoms with Crippen LogP contribution in [0.15, 0.2) is 66.4 Å². The smallest absolute Gasteiger partial charge is 0.181 e. The molecule has 0 fully saturated rings. The Bertz CT molecular complexity index is 740. The van der Waals surface area contributed by atoms with Crippen LogP contribution >= 0.6 is 0 Å². The number of methoxy groups -OCH3 is 2. The second kappa shape index (κ2) is 9.33. The van der Waals surface area contributed by atoms with Crippen molar-refractivity contribution >= 4 is 11.9 Å². The molecule has 0 saturated carbocycles. The van der Waals surface area contributed by atoms with Crippen molar-refractivity contribution in [1.29, 1.82) is 0 Å². The average Bonchev–Trinajstić information content (AvgIpc) is 2.65. The summed E-state index contributed by atoms with van der Waals surface area (Å²) in [6.07, 6.45) is 5.46. The lowest BCUT2D eigenvalue weighted by molar-refractivity contribution is -0.110. The van der Waals surface area contributed by atoms with E-state index in [1.165, 1.54) is 12.2 Å². The van der Waals surface area contributed by atoms with Crippen LogP contribution in [0.2, 0.25) is 0 Å². The Balaban J connectivity index is 1.86. The van der Waals surface area contributed by atoms with E-state index in [4.69, 9.17) is 9.47 Å². The normalized spacial score (nSPS) is 11.5. The Labute approximate surface area is 148 Å². The first-order valence-corrected chi connectivity index (χ1v) is 7.99. The minimum absolute atomic E-state index is 0.0696. The number of rotatable bonds is 8. The molecule has 0 aromatic heterocycles. The number of hydrogen-bond donors (Lipinski definition) is 1. The molecular weight excluding hydrogens is 316 g/mol. The van der Waals surface area contributed by atoms with E-state index in [1.807, 2.05) is 48.5 Å². The summed E-state index contributed by atoms with van der Waals surface area (Å²) in [5.41, 5.74) is 1.96. The van der Waals surface area contributed by atoms with E-state index < -0.39 is 0 Å². The molecule has 0 unspecified atom stereocenters. The highest BCUT2D eigenvalue weighted by molar-refractivity contribution is 6.02. The molecule has 25 heavy (non-hydrogen) atoms. The monoisotopic (exact) mass is 338 g/mol. The van der Waals surface area contributed by atoms with E-state index in [2.05, 4.69) is 0 Å². The average molecular weight is 338 g/mol. The van der Waals surface area contributed by atoms with Crippen LogP contribution in [-0.4, -0.2) is 25.1 Å². The molecule has 0 saturated heterocycles. The molecule has 2 aromatic rings. The van der Waals surface area contributed by atoms with Crippen LogP contribution in [0, 0.1) is 0 Å². The summed E-state index contributed by atoms with van der Waals surface area (Å²) in [6.45, 7) is 0. The standard InChI is InChI=1S/C21H22O4/c1-24-20-11-5-16(6-12-20)3-9-18(22)15-19(23)10-4-17-7-13-21(25-2)14-8-17/h3,5-9,11-15,23H,4,10H2,1-2H3/b9-3+,19-15-. The van der Waals surface area contributed by atoms with Gasteiger partial charge in [0.1, 0.15) is 11.5 Å². The summed E-state index contributed by atoms with van der Waals surface area (Å²) in [5, 5.41) is 9.91. The molecule has 0 amide bonds. The summed E-state index contributed by atoms with van der Waals surface area (Å²) in [4.78, 5) is 11.9. The number of benzene rings is 2. The van der Waals surface area contributed by atoms with Gasteiger partial charge < -0.3 is 14.6 Å². The molecule has 0 atom stereocenters. The van der Waals surface area contributed by atoms with Crippen molar-refractivity contribution in [3.05, 3.63) is 77.6 Å². The highest BCUT2D eigenvalue weighted by Gasteiger charge is 2.00. The van der Waals surface area contributed by atoms with Crippen LogP contribution in [-0.2, 0) is 11.2 Å². The van der Waals surface area contributed by atoms with Gasteiger partial charge in [0.25, 0.3) is 0 Å². The summed E-state index contributed by atoms with van der Waals surface area (Å²) >= 11 is 0. The first-order chi connectivity index (χ1) is 12.1. The zero-order valence-corrected chi connectivity index (χ0v) is 14.4. The molecule has 0 aliphatic carbocycles. The largest absolute Gasteiger partial charge is 0.512 e. The highest BCUT2D eigenvalue weighted by atomic mass is 16.5. The maximum absolute atomic E-state index is 11.9. The van der Waals surface area contributed by atoms with Gasteiger partial charge in [0, 0.05) is 12.5 Å². The molecular formula is C21H22O4. The molecule has 1 N–H and O–H groups in total. The Kier molecular flexibility index (Phi) is 6.84. The second-order valence-corrected chi connectivity index (χ2v) is 5.49. The van der Waals surface area contributed by atoms with E-state index >= 15 is 0 Å². The van der Waals surface area contributed by atoms with Crippen molar-refractivity contribution in [2.24, 2.45) is 0 Å². The van der Waals surface area contributed by atoms with Gasteiger partial charge in [-0.05, 0) is 47.9 Å². The molecule has 0 spiro atoms. The van der Waals surface area contributed by atoms with Crippen LogP contribution in [0.3, 0.4) is 0 Å². The number of ketones is 1. The van der Waals surface area contributed by atoms with Gasteiger partial charge in [-0.1, -0.05) is 30.3 Å². The van der Waals surface area contributed by atoms with Gasteiger partial charge in [0.15, 0.2) is 5.78 Å². The van der Waals surface area contributed by atoms with Crippen LogP contribution in [0.1, 0.15) is 17.5 Å². The predicted octanol–water partition coefficient (Wildman–Crippen LogP) is 4.36. The molecule has 4 nitrogen and oxygen atoms in total. The second-order valence-electron chi connectivity index (χ2n) is 5.49. The van der Waals surface area contributed by atoms with Crippen molar-refractivity contribution in [1.82, 2.24) is 0 Å². The Morgan fingerprint density at radius 3 is 2.08 bits per heavy atom. The van der Waals surface area contributed by atoms with Crippen LogP contribution in [0.5, 0.6) is 11.5 Å². The first-order valence-electron chi connectivity index (χ1n) is 7.99. The molecule has 0 heterocycles. The topological polar surface area (TPSA) is 55.8 Å². The zero-order valence-electron chi connectivity index (χ0n) is 14.4. The lowest BCUT2D eigenvalue weighted by Crippen LogP contribution is -1.94. The number of aliphatic hydroxyl groups excluding tert-OH is 1. The van der Waals surface area contributed by atoms with Crippen LogP contribution < -0.4 is 9.47 Å². The van der Waals surface area contributed by atoms with E-state index in [0.717, 1.165) is 22.6 Å². The number of hydrogen-bond acceptors (Lipinski definition) is 4.